The summed E-state index contributed by atoms with van der Waals surface area (Å²) in [4.78, 5) is 17.4. The van der Waals surface area contributed by atoms with Crippen LogP contribution in [0.2, 0.25) is 5.02 Å². The second-order valence-corrected chi connectivity index (χ2v) is 8.08. The predicted molar refractivity (Wildman–Crippen MR) is 125 cm³/mol. The van der Waals surface area contributed by atoms with Gasteiger partial charge in [0.05, 0.1) is 5.69 Å². The Balaban J connectivity index is 1.33. The van der Waals surface area contributed by atoms with Crippen molar-refractivity contribution >= 4 is 23.2 Å². The smallest absolute Gasteiger partial charge is 0.489 e. The summed E-state index contributed by atoms with van der Waals surface area (Å²) < 4.78 is 48.0. The second-order valence-electron chi connectivity index (χ2n) is 7.64. The van der Waals surface area contributed by atoms with Gasteiger partial charge >= 0.3 is 6.36 Å². The molecule has 0 aliphatic carbocycles. The van der Waals surface area contributed by atoms with Crippen LogP contribution in [0.5, 0.6) is 11.5 Å². The summed E-state index contributed by atoms with van der Waals surface area (Å²) in [5, 5.41) is 3.46. The molecule has 4 rings (SSSR count). The highest BCUT2D eigenvalue weighted by atomic mass is 35.5. The van der Waals surface area contributed by atoms with Gasteiger partial charge in [-0.25, -0.2) is 4.98 Å². The van der Waals surface area contributed by atoms with Crippen LogP contribution in [0.3, 0.4) is 0 Å². The molecule has 35 heavy (non-hydrogen) atoms. The van der Waals surface area contributed by atoms with E-state index in [9.17, 15) is 18.0 Å². The first-order chi connectivity index (χ1) is 16.7. The normalized spacial score (nSPS) is 11.5. The Kier molecular flexibility index (Phi) is 7.16. The SMILES string of the molecule is CCc1nc2cc(Cl)ccn2c1C(=O)NCc1ccc(OCc2ccc(OC(F)(F)F)cc2)cc1. The van der Waals surface area contributed by atoms with Gasteiger partial charge in [0.15, 0.2) is 0 Å². The maximum atomic E-state index is 12.9. The number of fused-ring (bicyclic) bond motifs is 1. The molecule has 0 fully saturated rings. The highest BCUT2D eigenvalue weighted by Gasteiger charge is 2.30. The number of nitrogens with zero attached hydrogens (tertiary/aromatic N) is 2. The van der Waals surface area contributed by atoms with E-state index < -0.39 is 6.36 Å². The summed E-state index contributed by atoms with van der Waals surface area (Å²) in [7, 11) is 0. The third kappa shape index (κ3) is 6.24. The van der Waals surface area contributed by atoms with E-state index in [1.807, 2.05) is 19.1 Å². The Bertz CT molecular complexity index is 1320. The van der Waals surface area contributed by atoms with Gasteiger partial charge in [-0.2, -0.15) is 0 Å². The fourth-order valence-electron chi connectivity index (χ4n) is 3.48. The lowest BCUT2D eigenvalue weighted by atomic mass is 10.2. The van der Waals surface area contributed by atoms with Crippen LogP contribution in [0.25, 0.3) is 5.65 Å². The molecule has 1 amide bonds. The van der Waals surface area contributed by atoms with Crippen molar-refractivity contribution in [1.82, 2.24) is 14.7 Å². The molecule has 2 aromatic carbocycles. The number of aryl methyl sites for hydroxylation is 1. The van der Waals surface area contributed by atoms with Gasteiger partial charge in [0.25, 0.3) is 5.91 Å². The molecule has 0 spiro atoms. The van der Waals surface area contributed by atoms with Crippen molar-refractivity contribution < 1.29 is 27.4 Å². The minimum atomic E-state index is -4.72. The zero-order valence-electron chi connectivity index (χ0n) is 18.6. The molecule has 2 aromatic heterocycles. The van der Waals surface area contributed by atoms with E-state index in [1.165, 1.54) is 24.3 Å². The van der Waals surface area contributed by atoms with Crippen molar-refractivity contribution in [2.45, 2.75) is 32.9 Å². The Morgan fingerprint density at radius 2 is 1.69 bits per heavy atom. The fraction of sp³-hybridized carbons (Fsp3) is 0.200. The molecule has 2 heterocycles. The van der Waals surface area contributed by atoms with Crippen LogP contribution in [-0.4, -0.2) is 21.7 Å². The van der Waals surface area contributed by atoms with Crippen LogP contribution < -0.4 is 14.8 Å². The molecule has 0 bridgehead atoms. The minimum Gasteiger partial charge on any atom is -0.489 e. The van der Waals surface area contributed by atoms with Gasteiger partial charge in [-0.3, -0.25) is 9.20 Å². The van der Waals surface area contributed by atoms with E-state index in [0.717, 1.165) is 5.56 Å². The summed E-state index contributed by atoms with van der Waals surface area (Å²) >= 11 is 6.03. The molecule has 1 N–H and O–H groups in total. The van der Waals surface area contributed by atoms with Crippen LogP contribution in [0.4, 0.5) is 13.2 Å². The van der Waals surface area contributed by atoms with Crippen molar-refractivity contribution in [3.8, 4) is 11.5 Å². The van der Waals surface area contributed by atoms with Gasteiger partial charge in [0.2, 0.25) is 0 Å². The number of imidazole rings is 1. The Morgan fingerprint density at radius 1 is 1.03 bits per heavy atom. The average Bonchev–Trinajstić information content (AvgIpc) is 3.19. The molecular formula is C25H21ClF3N3O3. The molecule has 0 radical (unpaired) electrons. The predicted octanol–water partition coefficient (Wildman–Crippen LogP) is 5.96. The number of alkyl halides is 3. The highest BCUT2D eigenvalue weighted by Crippen LogP contribution is 2.23. The lowest BCUT2D eigenvalue weighted by molar-refractivity contribution is -0.274. The van der Waals surface area contributed by atoms with E-state index in [4.69, 9.17) is 16.3 Å². The largest absolute Gasteiger partial charge is 0.573 e. The molecule has 6 nitrogen and oxygen atoms in total. The first kappa shape index (κ1) is 24.4. The first-order valence-electron chi connectivity index (χ1n) is 10.7. The molecule has 182 valence electrons. The number of amides is 1. The number of nitrogens with one attached hydrogen (secondary N) is 1. The lowest BCUT2D eigenvalue weighted by Gasteiger charge is -2.11. The summed E-state index contributed by atoms with van der Waals surface area (Å²) in [5.74, 6) is 0.0593. The van der Waals surface area contributed by atoms with Crippen molar-refractivity contribution in [3.63, 3.8) is 0 Å². The van der Waals surface area contributed by atoms with E-state index >= 15 is 0 Å². The van der Waals surface area contributed by atoms with Crippen molar-refractivity contribution in [2.75, 3.05) is 0 Å². The minimum absolute atomic E-state index is 0.181. The number of hydrogen-bond donors (Lipinski definition) is 1. The first-order valence-corrected chi connectivity index (χ1v) is 11.1. The molecule has 10 heteroatoms. The lowest BCUT2D eigenvalue weighted by Crippen LogP contribution is -2.25. The summed E-state index contributed by atoms with van der Waals surface area (Å²) in [6.07, 6.45) is -2.40. The number of hydrogen-bond acceptors (Lipinski definition) is 4. The van der Waals surface area contributed by atoms with Gasteiger partial charge in [0, 0.05) is 23.8 Å². The average molecular weight is 504 g/mol. The van der Waals surface area contributed by atoms with Crippen LogP contribution in [0, 0.1) is 0 Å². The summed E-state index contributed by atoms with van der Waals surface area (Å²) in [6, 6.07) is 16.1. The Morgan fingerprint density at radius 3 is 2.34 bits per heavy atom. The van der Waals surface area contributed by atoms with Gasteiger partial charge in [-0.15, -0.1) is 13.2 Å². The van der Waals surface area contributed by atoms with Gasteiger partial charge in [-0.05, 0) is 47.9 Å². The zero-order chi connectivity index (χ0) is 25.0. The summed E-state index contributed by atoms with van der Waals surface area (Å²) in [6.45, 7) is 2.42. The van der Waals surface area contributed by atoms with Crippen molar-refractivity contribution in [1.29, 1.82) is 0 Å². The van der Waals surface area contributed by atoms with Gasteiger partial charge in [-0.1, -0.05) is 42.8 Å². The van der Waals surface area contributed by atoms with Gasteiger partial charge in [0.1, 0.15) is 29.4 Å². The fourth-order valence-corrected chi connectivity index (χ4v) is 3.63. The topological polar surface area (TPSA) is 64.9 Å². The Hall–Kier alpha value is -3.72. The zero-order valence-corrected chi connectivity index (χ0v) is 19.4. The van der Waals surface area contributed by atoms with Crippen LogP contribution >= 0.6 is 11.6 Å². The van der Waals surface area contributed by atoms with Gasteiger partial charge < -0.3 is 14.8 Å². The molecule has 0 saturated carbocycles. The standard InChI is InChI=1S/C25H21ClF3N3O3/c1-2-21-23(32-12-11-18(26)13-22(32)31-21)24(33)30-14-16-3-7-19(8-4-16)34-15-17-5-9-20(10-6-17)35-25(27,28)29/h3-13H,2,14-15H2,1H3,(H,30,33). The summed E-state index contributed by atoms with van der Waals surface area (Å²) in [5.41, 5.74) is 3.34. The highest BCUT2D eigenvalue weighted by molar-refractivity contribution is 6.30. The number of ether oxygens (including phenoxy) is 2. The number of rotatable bonds is 8. The molecule has 0 atom stereocenters. The van der Waals surface area contributed by atoms with E-state index in [2.05, 4.69) is 15.0 Å². The molecule has 0 aliphatic rings. The molecule has 0 saturated heterocycles. The van der Waals surface area contributed by atoms with E-state index in [1.54, 1.807) is 34.9 Å². The van der Waals surface area contributed by atoms with Crippen LogP contribution in [0.15, 0.2) is 66.9 Å². The van der Waals surface area contributed by atoms with Crippen molar-refractivity contribution in [2.24, 2.45) is 0 Å². The number of aromatic nitrogens is 2. The molecule has 4 aromatic rings. The van der Waals surface area contributed by atoms with Crippen molar-refractivity contribution in [3.05, 3.63) is 94.4 Å². The van der Waals surface area contributed by atoms with E-state index in [-0.39, 0.29) is 18.3 Å². The third-order valence-electron chi connectivity index (χ3n) is 5.15. The molecule has 0 unspecified atom stereocenters. The molecule has 0 aliphatic heterocycles. The van der Waals surface area contributed by atoms with E-state index in [0.29, 0.717) is 46.3 Å². The number of pyridine rings is 1. The quantitative estimate of drug-likeness (QED) is 0.322. The number of benzene rings is 2. The number of carbonyl (C=O) groups excluding carboxylic acids is 1. The van der Waals surface area contributed by atoms with Crippen LogP contribution in [-0.2, 0) is 19.6 Å². The monoisotopic (exact) mass is 503 g/mol. The van der Waals surface area contributed by atoms with Crippen LogP contribution in [0.1, 0.15) is 34.2 Å². The number of halogens is 4. The Labute approximate surface area is 204 Å². The maximum Gasteiger partial charge on any atom is 0.573 e. The third-order valence-corrected chi connectivity index (χ3v) is 5.38. The number of carbonyl (C=O) groups is 1. The second kappa shape index (κ2) is 10.3. The maximum absolute atomic E-state index is 12.9. The molecular weight excluding hydrogens is 483 g/mol.